The maximum Gasteiger partial charge on any atom is 0.227 e. The molecule has 2 bridgehead atoms. The molecule has 0 aliphatic carbocycles. The molecular weight excluding hydrogens is 403 g/mol. The molecule has 2 amide bonds. The number of hydrogen-bond donors (Lipinski definition) is 1. The summed E-state index contributed by atoms with van der Waals surface area (Å²) in [6.07, 6.45) is 4.96. The van der Waals surface area contributed by atoms with Crippen LogP contribution in [0.5, 0.6) is 0 Å². The Labute approximate surface area is 180 Å². The van der Waals surface area contributed by atoms with Crippen LogP contribution in [0.25, 0.3) is 0 Å². The molecule has 9 heteroatoms. The number of halogens is 2. The number of nitrogens with zero attached hydrogens (tertiary/aromatic N) is 3. The van der Waals surface area contributed by atoms with Gasteiger partial charge in [-0.3, -0.25) is 14.5 Å². The molecule has 4 aliphatic heterocycles. The number of amides is 2. The van der Waals surface area contributed by atoms with Crippen LogP contribution < -0.4 is 5.32 Å². The average molecular weight is 437 g/mol. The van der Waals surface area contributed by atoms with Crippen molar-refractivity contribution in [2.24, 2.45) is 5.92 Å². The van der Waals surface area contributed by atoms with Gasteiger partial charge in [0, 0.05) is 64.3 Å². The zero-order chi connectivity index (χ0) is 18.1. The van der Waals surface area contributed by atoms with Crippen molar-refractivity contribution in [3.05, 3.63) is 0 Å². The van der Waals surface area contributed by atoms with Crippen molar-refractivity contribution in [3.63, 3.8) is 0 Å². The maximum atomic E-state index is 13.0. The molecule has 28 heavy (non-hydrogen) atoms. The fourth-order valence-electron chi connectivity index (χ4n) is 5.05. The molecule has 4 rings (SSSR count). The van der Waals surface area contributed by atoms with Gasteiger partial charge in [-0.25, -0.2) is 0 Å². The van der Waals surface area contributed by atoms with Crippen molar-refractivity contribution in [1.82, 2.24) is 20.0 Å². The summed E-state index contributed by atoms with van der Waals surface area (Å²) in [7, 11) is 1.94. The monoisotopic (exact) mass is 436 g/mol. The summed E-state index contributed by atoms with van der Waals surface area (Å²) in [5.41, 5.74) is 0. The Bertz CT molecular complexity index is 535. The van der Waals surface area contributed by atoms with Gasteiger partial charge in [0.1, 0.15) is 0 Å². The number of nitrogens with one attached hydrogen (secondary N) is 1. The average Bonchev–Trinajstić information content (AvgIpc) is 3.21. The lowest BCUT2D eigenvalue weighted by molar-refractivity contribution is -0.137. The Morgan fingerprint density at radius 1 is 1.14 bits per heavy atom. The fourth-order valence-corrected chi connectivity index (χ4v) is 5.05. The molecule has 0 saturated carbocycles. The first kappa shape index (κ1) is 23.7. The van der Waals surface area contributed by atoms with E-state index in [1.165, 1.54) is 12.8 Å². The summed E-state index contributed by atoms with van der Waals surface area (Å²) in [6.45, 7) is 5.62. The number of likely N-dealkylation sites (tertiary alicyclic amines) is 1. The topological polar surface area (TPSA) is 65.1 Å². The van der Waals surface area contributed by atoms with Crippen LogP contribution >= 0.6 is 24.8 Å². The minimum atomic E-state index is -0.162. The van der Waals surface area contributed by atoms with E-state index in [9.17, 15) is 9.59 Å². The van der Waals surface area contributed by atoms with Crippen LogP contribution in [-0.2, 0) is 14.3 Å². The summed E-state index contributed by atoms with van der Waals surface area (Å²) >= 11 is 0. The molecule has 4 heterocycles. The largest absolute Gasteiger partial charge is 0.379 e. The Morgan fingerprint density at radius 2 is 1.79 bits per heavy atom. The third-order valence-corrected chi connectivity index (χ3v) is 6.70. The Morgan fingerprint density at radius 3 is 2.43 bits per heavy atom. The van der Waals surface area contributed by atoms with Crippen molar-refractivity contribution in [2.75, 3.05) is 53.0 Å². The van der Waals surface area contributed by atoms with Crippen molar-refractivity contribution in [3.8, 4) is 0 Å². The predicted molar refractivity (Wildman–Crippen MR) is 112 cm³/mol. The first-order valence-electron chi connectivity index (χ1n) is 10.2. The lowest BCUT2D eigenvalue weighted by Gasteiger charge is -2.36. The van der Waals surface area contributed by atoms with Crippen molar-refractivity contribution < 1.29 is 14.3 Å². The molecule has 0 aromatic rings. The Kier molecular flexibility index (Phi) is 8.82. The van der Waals surface area contributed by atoms with E-state index in [4.69, 9.17) is 4.74 Å². The van der Waals surface area contributed by atoms with Gasteiger partial charge in [0.25, 0.3) is 0 Å². The maximum absolute atomic E-state index is 13.0. The minimum absolute atomic E-state index is 0. The van der Waals surface area contributed by atoms with Crippen LogP contribution in [0.1, 0.15) is 32.1 Å². The first-order chi connectivity index (χ1) is 12.6. The summed E-state index contributed by atoms with van der Waals surface area (Å²) in [6, 6.07) is 1.48. The fraction of sp³-hybridized carbons (Fsp3) is 0.895. The van der Waals surface area contributed by atoms with Crippen LogP contribution in [0, 0.1) is 5.92 Å². The number of carbonyl (C=O) groups excluding carboxylic acids is 2. The molecule has 3 unspecified atom stereocenters. The van der Waals surface area contributed by atoms with E-state index in [2.05, 4.69) is 10.2 Å². The normalized spacial score (nSPS) is 32.6. The van der Waals surface area contributed by atoms with Gasteiger partial charge in [0.2, 0.25) is 11.8 Å². The summed E-state index contributed by atoms with van der Waals surface area (Å²) in [5.74, 6) is 0.138. The smallest absolute Gasteiger partial charge is 0.227 e. The van der Waals surface area contributed by atoms with Gasteiger partial charge in [0.15, 0.2) is 0 Å². The van der Waals surface area contributed by atoms with Gasteiger partial charge in [-0.2, -0.15) is 0 Å². The van der Waals surface area contributed by atoms with Gasteiger partial charge in [-0.1, -0.05) is 0 Å². The zero-order valence-electron chi connectivity index (χ0n) is 16.7. The second kappa shape index (κ2) is 10.4. The molecule has 4 aliphatic rings. The first-order valence-corrected chi connectivity index (χ1v) is 10.2. The number of morpholine rings is 1. The number of fused-ring (bicyclic) bond motifs is 2. The third-order valence-electron chi connectivity index (χ3n) is 6.70. The highest BCUT2D eigenvalue weighted by Gasteiger charge is 2.40. The van der Waals surface area contributed by atoms with Gasteiger partial charge in [0.05, 0.1) is 19.1 Å². The molecule has 0 spiro atoms. The molecule has 7 nitrogen and oxygen atoms in total. The van der Waals surface area contributed by atoms with E-state index < -0.39 is 0 Å². The molecule has 3 atom stereocenters. The molecule has 0 aromatic heterocycles. The third kappa shape index (κ3) is 5.30. The molecule has 0 aromatic carbocycles. The molecule has 0 radical (unpaired) electrons. The second-order valence-electron chi connectivity index (χ2n) is 8.41. The second-order valence-corrected chi connectivity index (χ2v) is 8.41. The predicted octanol–water partition coefficient (Wildman–Crippen LogP) is 0.752. The van der Waals surface area contributed by atoms with E-state index in [0.29, 0.717) is 31.1 Å². The van der Waals surface area contributed by atoms with Gasteiger partial charge in [-0.05, 0) is 25.7 Å². The lowest BCUT2D eigenvalue weighted by atomic mass is 9.97. The molecular formula is C19H34Cl2N4O3. The standard InChI is InChI=1S/C19H32N4O3.2ClH/c1-21(17-11-15-2-3-16(12-17)20-15)19(25)14-10-18(24)23(13-14)5-4-22-6-8-26-9-7-22;;/h14-17,20H,2-13H2,1H3;2*1H. The van der Waals surface area contributed by atoms with E-state index >= 15 is 0 Å². The van der Waals surface area contributed by atoms with Crippen molar-refractivity contribution >= 4 is 36.6 Å². The molecule has 4 saturated heterocycles. The number of piperidine rings is 1. The van der Waals surface area contributed by atoms with Crippen molar-refractivity contribution in [2.45, 2.75) is 50.2 Å². The quantitative estimate of drug-likeness (QED) is 0.688. The number of ether oxygens (including phenoxy) is 1. The van der Waals surface area contributed by atoms with Gasteiger partial charge >= 0.3 is 0 Å². The van der Waals surface area contributed by atoms with Crippen molar-refractivity contribution in [1.29, 1.82) is 0 Å². The van der Waals surface area contributed by atoms with Gasteiger partial charge < -0.3 is 19.9 Å². The van der Waals surface area contributed by atoms with Crippen LogP contribution in [0.4, 0.5) is 0 Å². The van der Waals surface area contributed by atoms with E-state index in [0.717, 1.165) is 52.2 Å². The SMILES string of the molecule is CN(C(=O)C1CC(=O)N(CCN2CCOCC2)C1)C1CC2CCC(C1)N2.Cl.Cl. The van der Waals surface area contributed by atoms with Crippen LogP contribution in [-0.4, -0.2) is 97.6 Å². The van der Waals surface area contributed by atoms with Crippen LogP contribution in [0.15, 0.2) is 0 Å². The highest BCUT2D eigenvalue weighted by atomic mass is 35.5. The van der Waals surface area contributed by atoms with Gasteiger partial charge in [-0.15, -0.1) is 24.8 Å². The summed E-state index contributed by atoms with van der Waals surface area (Å²) < 4.78 is 5.37. The summed E-state index contributed by atoms with van der Waals surface area (Å²) in [5, 5.41) is 3.63. The Balaban J connectivity index is 0.00000140. The summed E-state index contributed by atoms with van der Waals surface area (Å²) in [4.78, 5) is 31.5. The number of carbonyl (C=O) groups is 2. The highest BCUT2D eigenvalue weighted by molar-refractivity contribution is 5.89. The molecule has 1 N–H and O–H groups in total. The van der Waals surface area contributed by atoms with E-state index in [1.807, 2.05) is 16.8 Å². The number of hydrogen-bond acceptors (Lipinski definition) is 5. The van der Waals surface area contributed by atoms with E-state index in [-0.39, 0.29) is 42.5 Å². The highest BCUT2D eigenvalue weighted by Crippen LogP contribution is 2.30. The number of rotatable bonds is 5. The molecule has 4 fully saturated rings. The Hall–Kier alpha value is -0.600. The zero-order valence-corrected chi connectivity index (χ0v) is 18.3. The van der Waals surface area contributed by atoms with Crippen LogP contribution in [0.3, 0.4) is 0 Å². The minimum Gasteiger partial charge on any atom is -0.379 e. The lowest BCUT2D eigenvalue weighted by Crippen LogP contribution is -2.50. The van der Waals surface area contributed by atoms with Crippen LogP contribution in [0.2, 0.25) is 0 Å². The van der Waals surface area contributed by atoms with E-state index in [1.54, 1.807) is 0 Å². The molecule has 162 valence electrons.